The van der Waals surface area contributed by atoms with E-state index in [0.29, 0.717) is 0 Å². The van der Waals surface area contributed by atoms with Gasteiger partial charge in [-0.05, 0) is 12.1 Å². The number of nitrogens with two attached hydrogens (primary N) is 2. The molecule has 0 aromatic heterocycles. The third kappa shape index (κ3) is 3.44. The van der Waals surface area contributed by atoms with Crippen molar-refractivity contribution in [3.05, 3.63) is 23.8 Å². The van der Waals surface area contributed by atoms with Gasteiger partial charge in [-0.25, -0.2) is 10.4 Å². The number of phenols is 2. The Hall–Kier alpha value is -3.74. The molecule has 0 spiro atoms. The lowest BCUT2D eigenvalue weighted by Gasteiger charge is -2.43. The Morgan fingerprint density at radius 3 is 2.61 bits per heavy atom. The highest BCUT2D eigenvalue weighted by atomic mass is 16.3. The van der Waals surface area contributed by atoms with Crippen molar-refractivity contribution < 1.29 is 24.6 Å². The Bertz CT molecular complexity index is 1050. The van der Waals surface area contributed by atoms with Crippen LogP contribution in [-0.2, 0) is 9.59 Å². The van der Waals surface area contributed by atoms with Gasteiger partial charge in [-0.1, -0.05) is 0 Å². The molecule has 0 aliphatic carbocycles. The molecule has 13 N–H and O–H groups in total. The van der Waals surface area contributed by atoms with Crippen molar-refractivity contribution in [3.8, 4) is 11.5 Å². The van der Waals surface area contributed by atoms with E-state index in [2.05, 4.69) is 43.0 Å². The molecular weight excluding hydrogens is 440 g/mol. The number of hydrazone groups is 1. The number of rotatable bonds is 4. The minimum atomic E-state index is -1.36. The van der Waals surface area contributed by atoms with Gasteiger partial charge >= 0.3 is 0 Å². The van der Waals surface area contributed by atoms with E-state index in [1.165, 1.54) is 22.3 Å². The highest BCUT2D eigenvalue weighted by Crippen LogP contribution is 2.29. The van der Waals surface area contributed by atoms with Gasteiger partial charge < -0.3 is 21.7 Å². The summed E-state index contributed by atoms with van der Waals surface area (Å²) in [6.07, 6.45) is -2.11. The maximum Gasteiger partial charge on any atom is 0.256 e. The fraction of sp³-hybridized carbons (Fsp3) is 0.375. The average molecular weight is 462 g/mol. The molecule has 1 aromatic rings. The van der Waals surface area contributed by atoms with Gasteiger partial charge in [-0.3, -0.25) is 41.3 Å². The van der Waals surface area contributed by atoms with E-state index in [1.54, 1.807) is 0 Å². The Kier molecular flexibility index (Phi) is 4.92. The molecule has 17 nitrogen and oxygen atoms in total. The van der Waals surface area contributed by atoms with E-state index in [0.717, 1.165) is 6.07 Å². The first kappa shape index (κ1) is 21.1. The number of benzene rings is 1. The van der Waals surface area contributed by atoms with Crippen LogP contribution < -0.4 is 49.3 Å². The summed E-state index contributed by atoms with van der Waals surface area (Å²) in [4.78, 5) is 39.6. The van der Waals surface area contributed by atoms with Gasteiger partial charge in [-0.2, -0.15) is 5.53 Å². The highest BCUT2D eigenvalue weighted by Gasteiger charge is 2.52. The van der Waals surface area contributed by atoms with E-state index in [4.69, 9.17) is 11.5 Å². The molecule has 176 valence electrons. The molecule has 4 aliphatic rings. The zero-order valence-corrected chi connectivity index (χ0v) is 16.8. The number of aromatic hydroxyl groups is 2. The first-order valence-corrected chi connectivity index (χ1v) is 9.88. The Morgan fingerprint density at radius 1 is 1.12 bits per heavy atom. The summed E-state index contributed by atoms with van der Waals surface area (Å²) in [6.45, 7) is 0. The van der Waals surface area contributed by atoms with Crippen LogP contribution in [0.2, 0.25) is 0 Å². The van der Waals surface area contributed by atoms with Crippen molar-refractivity contribution >= 4 is 23.6 Å². The van der Waals surface area contributed by atoms with Crippen molar-refractivity contribution in [3.63, 3.8) is 0 Å². The van der Waals surface area contributed by atoms with Gasteiger partial charge in [0.25, 0.3) is 11.8 Å². The summed E-state index contributed by atoms with van der Waals surface area (Å²) < 4.78 is 0. The number of fused-ring (bicyclic) bond motifs is 2. The molecule has 4 aliphatic heterocycles. The number of phenolic OH excluding ortho intramolecular Hbond substituents is 2. The number of amides is 2. The molecule has 17 heteroatoms. The highest BCUT2D eigenvalue weighted by molar-refractivity contribution is 6.07. The second-order valence-corrected chi connectivity index (χ2v) is 7.80. The van der Waals surface area contributed by atoms with Crippen molar-refractivity contribution in [2.24, 2.45) is 22.5 Å². The first-order chi connectivity index (χ1) is 15.7. The predicted molar refractivity (Wildman–Crippen MR) is 108 cm³/mol. The van der Waals surface area contributed by atoms with E-state index in [1.807, 2.05) is 0 Å². The molecular formula is C16H22N12O5. The third-order valence-electron chi connectivity index (χ3n) is 5.76. The molecule has 0 radical (unpaired) electrons. The number of hydrazine groups is 4. The van der Waals surface area contributed by atoms with E-state index < -0.39 is 60.0 Å². The minimum absolute atomic E-state index is 0.00314. The van der Waals surface area contributed by atoms with Crippen LogP contribution in [-0.4, -0.2) is 74.6 Å². The van der Waals surface area contributed by atoms with Gasteiger partial charge in [-0.15, -0.1) is 10.2 Å². The van der Waals surface area contributed by atoms with Gasteiger partial charge in [0.2, 0.25) is 5.96 Å². The third-order valence-corrected chi connectivity index (χ3v) is 5.76. The maximum atomic E-state index is 13.7. The monoisotopic (exact) mass is 462 g/mol. The van der Waals surface area contributed by atoms with Crippen LogP contribution >= 0.6 is 0 Å². The van der Waals surface area contributed by atoms with Crippen molar-refractivity contribution in [1.29, 1.82) is 0 Å². The number of guanidine groups is 1. The molecule has 5 rings (SSSR count). The molecule has 3 fully saturated rings. The molecule has 6 atom stereocenters. The number of carbonyl (C=O) groups excluding carboxylic acids is 3. The normalized spacial score (nSPS) is 32.2. The van der Waals surface area contributed by atoms with E-state index in [9.17, 15) is 24.6 Å². The smallest absolute Gasteiger partial charge is 0.256 e. The largest absolute Gasteiger partial charge is 0.508 e. The van der Waals surface area contributed by atoms with Crippen molar-refractivity contribution in [2.75, 3.05) is 0 Å². The molecule has 6 unspecified atom stereocenters. The molecule has 33 heavy (non-hydrogen) atoms. The Labute approximate surface area is 185 Å². The van der Waals surface area contributed by atoms with Gasteiger partial charge in [0, 0.05) is 6.07 Å². The zero-order chi connectivity index (χ0) is 23.4. The molecule has 2 amide bonds. The summed E-state index contributed by atoms with van der Waals surface area (Å²) in [7, 11) is 0. The first-order valence-electron chi connectivity index (χ1n) is 9.88. The van der Waals surface area contributed by atoms with Crippen LogP contribution in [0.1, 0.15) is 10.4 Å². The molecule has 1 aromatic carbocycles. The lowest BCUT2D eigenvalue weighted by molar-refractivity contribution is -0.141. The van der Waals surface area contributed by atoms with Crippen molar-refractivity contribution in [1.82, 2.24) is 48.0 Å². The molecule has 3 saturated heterocycles. The number of nitrogens with one attached hydrogen (secondary N) is 7. The minimum Gasteiger partial charge on any atom is -0.508 e. The van der Waals surface area contributed by atoms with E-state index in [-0.39, 0.29) is 17.3 Å². The number of nitrogens with zero attached hydrogens (tertiary/aromatic N) is 3. The SMILES string of the molecule is NC1=NNC2NC(C(C(=O)c3ccc(O)cc3O)C3NC4C(N)NNN4NC3=O)C(=O)NN12. The summed E-state index contributed by atoms with van der Waals surface area (Å²) >= 11 is 0. The second-order valence-electron chi connectivity index (χ2n) is 7.80. The lowest BCUT2D eigenvalue weighted by Crippen LogP contribution is -2.77. The fourth-order valence-corrected chi connectivity index (χ4v) is 4.15. The van der Waals surface area contributed by atoms with Gasteiger partial charge in [0.1, 0.15) is 35.9 Å². The van der Waals surface area contributed by atoms with E-state index >= 15 is 0 Å². The Morgan fingerprint density at radius 2 is 1.85 bits per heavy atom. The quantitative estimate of drug-likeness (QED) is 0.187. The maximum absolute atomic E-state index is 13.7. The number of hydrogen-bond donors (Lipinski definition) is 11. The van der Waals surface area contributed by atoms with Gasteiger partial charge in [0.05, 0.1) is 11.5 Å². The average Bonchev–Trinajstić information content (AvgIpc) is 3.30. The zero-order valence-electron chi connectivity index (χ0n) is 16.8. The summed E-state index contributed by atoms with van der Waals surface area (Å²) in [5.74, 6) is -4.14. The van der Waals surface area contributed by atoms with Crippen LogP contribution in [0.4, 0.5) is 0 Å². The van der Waals surface area contributed by atoms with Crippen LogP contribution in [0.5, 0.6) is 11.5 Å². The van der Waals surface area contributed by atoms with Crippen LogP contribution in [0.25, 0.3) is 0 Å². The summed E-state index contributed by atoms with van der Waals surface area (Å²) in [6, 6.07) is 0.913. The number of hydrogen-bond acceptors (Lipinski definition) is 15. The van der Waals surface area contributed by atoms with Crippen LogP contribution in [0.15, 0.2) is 23.3 Å². The van der Waals surface area contributed by atoms with Crippen LogP contribution in [0, 0.1) is 5.92 Å². The standard InChI is InChI=1S/C16H22N12O5/c17-11-12-19-8(14(33)25-28(12)26-21-11)7(10(31)5-2-1-4(29)3-6(5)30)9-13(32)24-27-15(18)22-23-16(27)20-9/h1-3,7-9,11-12,16,19-21,23,26,29-30H,17H2,(H2,18,22)(H,24,32)(H,25,33). The summed E-state index contributed by atoms with van der Waals surface area (Å²) in [5.41, 5.74) is 24.7. The number of ketones is 1. The lowest BCUT2D eigenvalue weighted by atomic mass is 9.82. The summed E-state index contributed by atoms with van der Waals surface area (Å²) in [5, 5.41) is 32.2. The fourth-order valence-electron chi connectivity index (χ4n) is 4.15. The predicted octanol–water partition coefficient (Wildman–Crippen LogP) is -5.74. The Balaban J connectivity index is 1.51. The molecule has 0 saturated carbocycles. The van der Waals surface area contributed by atoms with Crippen molar-refractivity contribution in [2.45, 2.75) is 30.7 Å². The molecule has 0 bridgehead atoms. The van der Waals surface area contributed by atoms with Gasteiger partial charge in [0.15, 0.2) is 12.1 Å². The molecule has 4 heterocycles. The second kappa shape index (κ2) is 7.69. The van der Waals surface area contributed by atoms with Crippen LogP contribution in [0.3, 0.4) is 0 Å². The topological polar surface area (TPSA) is 247 Å². The number of Topliss-reactive ketones (excluding diaryl/α,β-unsaturated/α-hetero) is 1. The number of carbonyl (C=O) groups is 3.